The SMILES string of the molecule is COC1CCCC1NC1=NC(c2ccccc2)CS1. The van der Waals surface area contributed by atoms with Gasteiger partial charge in [0.2, 0.25) is 0 Å². The Balaban J connectivity index is 1.64. The van der Waals surface area contributed by atoms with Crippen LogP contribution < -0.4 is 5.32 Å². The maximum absolute atomic E-state index is 5.52. The van der Waals surface area contributed by atoms with E-state index in [0.29, 0.717) is 18.2 Å². The number of thioether (sulfide) groups is 1. The molecule has 1 N–H and O–H groups in total. The molecule has 0 spiro atoms. The van der Waals surface area contributed by atoms with Gasteiger partial charge in [0.25, 0.3) is 0 Å². The van der Waals surface area contributed by atoms with Crippen molar-refractivity contribution >= 4 is 16.9 Å². The molecule has 3 unspecified atom stereocenters. The van der Waals surface area contributed by atoms with Crippen molar-refractivity contribution in [3.63, 3.8) is 0 Å². The van der Waals surface area contributed by atoms with E-state index in [1.165, 1.54) is 18.4 Å². The summed E-state index contributed by atoms with van der Waals surface area (Å²) in [5.74, 6) is 1.04. The van der Waals surface area contributed by atoms with E-state index < -0.39 is 0 Å². The topological polar surface area (TPSA) is 33.6 Å². The highest BCUT2D eigenvalue weighted by molar-refractivity contribution is 8.14. The van der Waals surface area contributed by atoms with Crippen LogP contribution in [0, 0.1) is 0 Å². The fourth-order valence-corrected chi connectivity index (χ4v) is 3.85. The fraction of sp³-hybridized carbons (Fsp3) is 0.533. The molecule has 1 heterocycles. The van der Waals surface area contributed by atoms with Gasteiger partial charge in [-0.1, -0.05) is 42.1 Å². The zero-order chi connectivity index (χ0) is 13.1. The first-order valence-electron chi connectivity index (χ1n) is 6.91. The standard InChI is InChI=1S/C15H20N2OS/c1-18-14-9-5-8-12(14)16-15-17-13(10-19-15)11-6-3-2-4-7-11/h2-4,6-7,12-14H,5,8-10H2,1H3,(H,16,17). The predicted octanol–water partition coefficient (Wildman–Crippen LogP) is 2.99. The number of nitrogens with zero attached hydrogens (tertiary/aromatic N) is 1. The molecule has 1 fully saturated rings. The first-order chi connectivity index (χ1) is 9.36. The molecular weight excluding hydrogens is 256 g/mol. The summed E-state index contributed by atoms with van der Waals surface area (Å²) < 4.78 is 5.52. The highest BCUT2D eigenvalue weighted by atomic mass is 32.2. The minimum atomic E-state index is 0.302. The molecule has 1 saturated carbocycles. The maximum atomic E-state index is 5.52. The second-order valence-electron chi connectivity index (χ2n) is 5.13. The number of ether oxygens (including phenoxy) is 1. The number of hydrogen-bond acceptors (Lipinski definition) is 4. The van der Waals surface area contributed by atoms with E-state index in [1.54, 1.807) is 7.11 Å². The summed E-state index contributed by atoms with van der Waals surface area (Å²) in [7, 11) is 1.81. The summed E-state index contributed by atoms with van der Waals surface area (Å²) in [4.78, 5) is 4.80. The van der Waals surface area contributed by atoms with Gasteiger partial charge < -0.3 is 10.1 Å². The van der Waals surface area contributed by atoms with E-state index in [-0.39, 0.29) is 0 Å². The molecular formula is C15H20N2OS. The third kappa shape index (κ3) is 2.95. The Morgan fingerprint density at radius 1 is 1.26 bits per heavy atom. The van der Waals surface area contributed by atoms with Crippen LogP contribution >= 0.6 is 11.8 Å². The zero-order valence-electron chi connectivity index (χ0n) is 11.2. The van der Waals surface area contributed by atoms with Crippen molar-refractivity contribution in [1.29, 1.82) is 0 Å². The second-order valence-corrected chi connectivity index (χ2v) is 6.14. The van der Waals surface area contributed by atoms with Gasteiger partial charge in [-0.25, -0.2) is 0 Å². The monoisotopic (exact) mass is 276 g/mol. The molecule has 1 aliphatic carbocycles. The number of hydrogen-bond donors (Lipinski definition) is 1. The van der Waals surface area contributed by atoms with Crippen molar-refractivity contribution in [1.82, 2.24) is 5.32 Å². The smallest absolute Gasteiger partial charge is 0.157 e. The molecule has 3 atom stereocenters. The van der Waals surface area contributed by atoms with Crippen LogP contribution in [-0.2, 0) is 4.74 Å². The van der Waals surface area contributed by atoms with Gasteiger partial charge in [0.05, 0.1) is 18.2 Å². The fourth-order valence-electron chi connectivity index (χ4n) is 2.83. The van der Waals surface area contributed by atoms with Gasteiger partial charge in [-0.3, -0.25) is 4.99 Å². The molecule has 3 rings (SSSR count). The number of methoxy groups -OCH3 is 1. The molecule has 1 aliphatic heterocycles. The molecule has 0 saturated heterocycles. The van der Waals surface area contributed by atoms with E-state index in [2.05, 4.69) is 35.6 Å². The number of amidine groups is 1. The summed E-state index contributed by atoms with van der Waals surface area (Å²) in [6.07, 6.45) is 3.94. The first-order valence-corrected chi connectivity index (χ1v) is 7.90. The highest BCUT2D eigenvalue weighted by Crippen LogP contribution is 2.31. The van der Waals surface area contributed by atoms with Crippen molar-refractivity contribution < 1.29 is 4.74 Å². The second kappa shape index (κ2) is 5.97. The molecule has 0 amide bonds. The molecule has 1 aromatic carbocycles. The lowest BCUT2D eigenvalue weighted by molar-refractivity contribution is 0.0910. The number of rotatable bonds is 3. The van der Waals surface area contributed by atoms with Crippen LogP contribution in [0.5, 0.6) is 0 Å². The highest BCUT2D eigenvalue weighted by Gasteiger charge is 2.29. The third-order valence-electron chi connectivity index (χ3n) is 3.90. The summed E-state index contributed by atoms with van der Waals surface area (Å²) >= 11 is 1.83. The molecule has 3 nitrogen and oxygen atoms in total. The van der Waals surface area contributed by atoms with E-state index in [1.807, 2.05) is 11.8 Å². The number of aliphatic imine (C=N–C) groups is 1. The van der Waals surface area contributed by atoms with E-state index in [0.717, 1.165) is 17.3 Å². The van der Waals surface area contributed by atoms with Crippen LogP contribution in [0.1, 0.15) is 30.9 Å². The predicted molar refractivity (Wildman–Crippen MR) is 80.6 cm³/mol. The van der Waals surface area contributed by atoms with Crippen LogP contribution in [0.2, 0.25) is 0 Å². The average molecular weight is 276 g/mol. The number of nitrogens with one attached hydrogen (secondary N) is 1. The Morgan fingerprint density at radius 3 is 2.89 bits per heavy atom. The van der Waals surface area contributed by atoms with Crippen LogP contribution in [0.4, 0.5) is 0 Å². The Morgan fingerprint density at radius 2 is 2.11 bits per heavy atom. The molecule has 0 aromatic heterocycles. The van der Waals surface area contributed by atoms with Gasteiger partial charge in [0.1, 0.15) is 0 Å². The molecule has 2 aliphatic rings. The van der Waals surface area contributed by atoms with Gasteiger partial charge in [0.15, 0.2) is 5.17 Å². The van der Waals surface area contributed by atoms with Crippen molar-refractivity contribution in [3.8, 4) is 0 Å². The summed E-state index contributed by atoms with van der Waals surface area (Å²) in [6, 6.07) is 11.3. The van der Waals surface area contributed by atoms with Crippen molar-refractivity contribution in [2.45, 2.75) is 37.5 Å². The lowest BCUT2D eigenvalue weighted by Gasteiger charge is -2.19. The lowest BCUT2D eigenvalue weighted by Crippen LogP contribution is -2.39. The largest absolute Gasteiger partial charge is 0.379 e. The van der Waals surface area contributed by atoms with Gasteiger partial charge in [-0.2, -0.15) is 0 Å². The quantitative estimate of drug-likeness (QED) is 0.921. The molecule has 0 radical (unpaired) electrons. The van der Waals surface area contributed by atoms with Crippen molar-refractivity contribution in [3.05, 3.63) is 35.9 Å². The number of benzene rings is 1. The van der Waals surface area contributed by atoms with Crippen LogP contribution in [0.15, 0.2) is 35.3 Å². The maximum Gasteiger partial charge on any atom is 0.157 e. The summed E-state index contributed by atoms with van der Waals surface area (Å²) in [5.41, 5.74) is 1.31. The van der Waals surface area contributed by atoms with Gasteiger partial charge in [-0.05, 0) is 24.8 Å². The summed E-state index contributed by atoms with van der Waals surface area (Å²) in [6.45, 7) is 0. The van der Waals surface area contributed by atoms with Gasteiger partial charge in [0, 0.05) is 12.9 Å². The Kier molecular flexibility index (Phi) is 4.09. The van der Waals surface area contributed by atoms with Gasteiger partial charge >= 0.3 is 0 Å². The van der Waals surface area contributed by atoms with E-state index in [4.69, 9.17) is 9.73 Å². The molecule has 0 bridgehead atoms. The van der Waals surface area contributed by atoms with Crippen molar-refractivity contribution in [2.24, 2.45) is 4.99 Å². The Hall–Kier alpha value is -1.00. The molecule has 19 heavy (non-hydrogen) atoms. The minimum absolute atomic E-state index is 0.302. The summed E-state index contributed by atoms with van der Waals surface area (Å²) in [5, 5.41) is 4.65. The molecule has 102 valence electrons. The first kappa shape index (κ1) is 13.0. The normalized spacial score (nSPS) is 30.4. The minimum Gasteiger partial charge on any atom is -0.379 e. The van der Waals surface area contributed by atoms with Crippen LogP contribution in [0.3, 0.4) is 0 Å². The third-order valence-corrected chi connectivity index (χ3v) is 4.88. The molecule has 4 heteroatoms. The Labute approximate surface area is 118 Å². The van der Waals surface area contributed by atoms with Gasteiger partial charge in [-0.15, -0.1) is 0 Å². The van der Waals surface area contributed by atoms with E-state index in [9.17, 15) is 0 Å². The van der Waals surface area contributed by atoms with E-state index >= 15 is 0 Å². The van der Waals surface area contributed by atoms with Crippen LogP contribution in [0.25, 0.3) is 0 Å². The average Bonchev–Trinajstić information content (AvgIpc) is 3.09. The van der Waals surface area contributed by atoms with Crippen LogP contribution in [-0.4, -0.2) is 30.2 Å². The zero-order valence-corrected chi connectivity index (χ0v) is 12.0. The molecule has 1 aromatic rings. The van der Waals surface area contributed by atoms with Crippen molar-refractivity contribution in [2.75, 3.05) is 12.9 Å². The Bertz CT molecular complexity index is 449. The lowest BCUT2D eigenvalue weighted by atomic mass is 10.1.